The van der Waals surface area contributed by atoms with Gasteiger partial charge in [-0.3, -0.25) is 4.79 Å². The highest BCUT2D eigenvalue weighted by atomic mass is 16.5. The molecule has 5 heteroatoms. The molecule has 0 fully saturated rings. The lowest BCUT2D eigenvalue weighted by atomic mass is 10.4. The molecule has 0 bridgehead atoms. The Morgan fingerprint density at radius 3 is 2.74 bits per heavy atom. The number of likely N-dealkylation sites (N-methyl/N-ethyl adjacent to an activating group) is 1. The first kappa shape index (κ1) is 15.3. The number of hydrogen-bond acceptors (Lipinski definition) is 4. The number of anilines is 1. The molecule has 0 aliphatic rings. The van der Waals surface area contributed by atoms with Crippen LogP contribution >= 0.6 is 0 Å². The minimum Gasteiger partial charge on any atom is -0.490 e. The fourth-order valence-electron chi connectivity index (χ4n) is 1.70. The van der Waals surface area contributed by atoms with Gasteiger partial charge >= 0.3 is 0 Å². The van der Waals surface area contributed by atoms with Crippen LogP contribution in [-0.2, 0) is 4.79 Å². The number of nitrogens with one attached hydrogen (secondary N) is 1. The van der Waals surface area contributed by atoms with E-state index in [2.05, 4.69) is 10.3 Å². The maximum Gasteiger partial charge on any atom is 0.241 e. The molecule has 0 saturated carbocycles. The lowest BCUT2D eigenvalue weighted by Gasteiger charge is -2.19. The number of hydrogen-bond donors (Lipinski definition) is 1. The van der Waals surface area contributed by atoms with Gasteiger partial charge in [0.1, 0.15) is 0 Å². The van der Waals surface area contributed by atoms with Crippen molar-refractivity contribution in [3.63, 3.8) is 0 Å². The molecule has 0 radical (unpaired) electrons. The smallest absolute Gasteiger partial charge is 0.241 e. The van der Waals surface area contributed by atoms with Gasteiger partial charge in [0.15, 0.2) is 11.6 Å². The zero-order valence-corrected chi connectivity index (χ0v) is 12.0. The van der Waals surface area contributed by atoms with Crippen molar-refractivity contribution in [3.05, 3.63) is 18.3 Å². The van der Waals surface area contributed by atoms with Gasteiger partial charge in [-0.2, -0.15) is 0 Å². The van der Waals surface area contributed by atoms with Crippen molar-refractivity contribution in [2.24, 2.45) is 0 Å². The van der Waals surface area contributed by atoms with Crippen LogP contribution in [0.25, 0.3) is 0 Å². The molecule has 0 atom stereocenters. The summed E-state index contributed by atoms with van der Waals surface area (Å²) in [6.45, 7) is 8.31. The third kappa shape index (κ3) is 4.77. The first-order valence-corrected chi connectivity index (χ1v) is 6.82. The van der Waals surface area contributed by atoms with E-state index in [0.717, 1.165) is 19.5 Å². The predicted octanol–water partition coefficient (Wildman–Crippen LogP) is 2.15. The van der Waals surface area contributed by atoms with Gasteiger partial charge in [-0.25, -0.2) is 4.98 Å². The largest absolute Gasteiger partial charge is 0.490 e. The normalized spacial score (nSPS) is 10.1. The molecule has 1 rings (SSSR count). The summed E-state index contributed by atoms with van der Waals surface area (Å²) in [6.07, 6.45) is 2.62. The van der Waals surface area contributed by atoms with Crippen molar-refractivity contribution in [2.45, 2.75) is 27.2 Å². The molecule has 0 unspecified atom stereocenters. The molecule has 0 saturated heterocycles. The molecular formula is C14H23N3O2. The second kappa shape index (κ2) is 8.34. The van der Waals surface area contributed by atoms with E-state index in [1.54, 1.807) is 11.1 Å². The Labute approximate surface area is 115 Å². The van der Waals surface area contributed by atoms with E-state index >= 15 is 0 Å². The number of carbonyl (C=O) groups is 1. The van der Waals surface area contributed by atoms with Gasteiger partial charge in [-0.15, -0.1) is 0 Å². The van der Waals surface area contributed by atoms with E-state index in [0.29, 0.717) is 18.2 Å². The maximum absolute atomic E-state index is 11.9. The standard InChI is InChI=1S/C14H23N3O2/c1-4-10-19-12-8-7-9-15-14(12)16-11-13(18)17(5-2)6-3/h7-9H,4-6,10-11H2,1-3H3,(H,15,16). The van der Waals surface area contributed by atoms with Crippen LogP contribution in [0.4, 0.5) is 5.82 Å². The van der Waals surface area contributed by atoms with E-state index in [1.165, 1.54) is 0 Å². The van der Waals surface area contributed by atoms with Crippen LogP contribution in [0.2, 0.25) is 0 Å². The van der Waals surface area contributed by atoms with Crippen molar-refractivity contribution in [3.8, 4) is 5.75 Å². The minimum atomic E-state index is 0.0668. The number of nitrogens with zero attached hydrogens (tertiary/aromatic N) is 2. The summed E-state index contributed by atoms with van der Waals surface area (Å²) in [6, 6.07) is 3.68. The molecule has 5 nitrogen and oxygen atoms in total. The van der Waals surface area contributed by atoms with Crippen molar-refractivity contribution >= 4 is 11.7 Å². The summed E-state index contributed by atoms with van der Waals surface area (Å²) < 4.78 is 5.58. The van der Waals surface area contributed by atoms with Crippen molar-refractivity contribution < 1.29 is 9.53 Å². The van der Waals surface area contributed by atoms with Gasteiger partial charge in [0.2, 0.25) is 5.91 Å². The van der Waals surface area contributed by atoms with E-state index in [4.69, 9.17) is 4.74 Å². The van der Waals surface area contributed by atoms with Gasteiger partial charge in [0, 0.05) is 19.3 Å². The summed E-state index contributed by atoms with van der Waals surface area (Å²) >= 11 is 0. The average molecular weight is 265 g/mol. The Kier molecular flexibility index (Phi) is 6.71. The lowest BCUT2D eigenvalue weighted by molar-refractivity contribution is -0.128. The third-order valence-electron chi connectivity index (χ3n) is 2.76. The molecule has 1 amide bonds. The zero-order chi connectivity index (χ0) is 14.1. The zero-order valence-electron chi connectivity index (χ0n) is 12.0. The number of pyridine rings is 1. The number of carbonyl (C=O) groups excluding carboxylic acids is 1. The molecule has 106 valence electrons. The average Bonchev–Trinajstić information content (AvgIpc) is 2.45. The van der Waals surface area contributed by atoms with Crippen LogP contribution in [-0.4, -0.2) is 42.0 Å². The van der Waals surface area contributed by atoms with Crippen LogP contribution in [0.15, 0.2) is 18.3 Å². The maximum atomic E-state index is 11.9. The summed E-state index contributed by atoms with van der Waals surface area (Å²) in [5.74, 6) is 1.38. The van der Waals surface area contributed by atoms with Crippen LogP contribution in [0, 0.1) is 0 Å². The molecule has 1 heterocycles. The highest BCUT2D eigenvalue weighted by Gasteiger charge is 2.11. The summed E-state index contributed by atoms with van der Waals surface area (Å²) in [5.41, 5.74) is 0. The first-order chi connectivity index (χ1) is 9.22. The molecule has 0 aliphatic heterocycles. The van der Waals surface area contributed by atoms with Gasteiger partial charge in [-0.1, -0.05) is 6.92 Å². The SMILES string of the molecule is CCCOc1cccnc1NCC(=O)N(CC)CC. The number of ether oxygens (including phenoxy) is 1. The van der Waals surface area contributed by atoms with E-state index < -0.39 is 0 Å². The Balaban J connectivity index is 2.59. The first-order valence-electron chi connectivity index (χ1n) is 6.82. The Morgan fingerprint density at radius 2 is 2.11 bits per heavy atom. The molecule has 0 spiro atoms. The number of aromatic nitrogens is 1. The molecule has 1 aromatic rings. The Morgan fingerprint density at radius 1 is 1.37 bits per heavy atom. The van der Waals surface area contributed by atoms with Crippen LogP contribution < -0.4 is 10.1 Å². The monoisotopic (exact) mass is 265 g/mol. The summed E-state index contributed by atoms with van der Waals surface area (Å²) in [4.78, 5) is 17.9. The lowest BCUT2D eigenvalue weighted by Crippen LogP contribution is -2.35. The van der Waals surface area contributed by atoms with E-state index in [1.807, 2.05) is 32.9 Å². The molecule has 0 aromatic carbocycles. The Bertz CT molecular complexity index is 392. The Hall–Kier alpha value is -1.78. The van der Waals surface area contributed by atoms with Crippen LogP contribution in [0.5, 0.6) is 5.75 Å². The fraction of sp³-hybridized carbons (Fsp3) is 0.571. The molecular weight excluding hydrogens is 242 g/mol. The third-order valence-corrected chi connectivity index (χ3v) is 2.76. The highest BCUT2D eigenvalue weighted by molar-refractivity contribution is 5.80. The quantitative estimate of drug-likeness (QED) is 0.782. The van der Waals surface area contributed by atoms with E-state index in [-0.39, 0.29) is 12.5 Å². The molecule has 19 heavy (non-hydrogen) atoms. The molecule has 1 aromatic heterocycles. The van der Waals surface area contributed by atoms with Crippen molar-refractivity contribution in [2.75, 3.05) is 31.6 Å². The second-order valence-corrected chi connectivity index (χ2v) is 4.12. The van der Waals surface area contributed by atoms with Gasteiger partial charge < -0.3 is 15.0 Å². The summed E-state index contributed by atoms with van der Waals surface area (Å²) in [7, 11) is 0. The number of rotatable bonds is 8. The van der Waals surface area contributed by atoms with Crippen LogP contribution in [0.3, 0.4) is 0 Å². The number of amides is 1. The fourth-order valence-corrected chi connectivity index (χ4v) is 1.70. The molecule has 1 N–H and O–H groups in total. The second-order valence-electron chi connectivity index (χ2n) is 4.12. The van der Waals surface area contributed by atoms with Crippen LogP contribution in [0.1, 0.15) is 27.2 Å². The van der Waals surface area contributed by atoms with Gasteiger partial charge in [0.05, 0.1) is 13.2 Å². The highest BCUT2D eigenvalue weighted by Crippen LogP contribution is 2.20. The van der Waals surface area contributed by atoms with Gasteiger partial charge in [-0.05, 0) is 32.4 Å². The summed E-state index contributed by atoms with van der Waals surface area (Å²) in [5, 5.41) is 3.04. The predicted molar refractivity (Wildman–Crippen MR) is 76.4 cm³/mol. The van der Waals surface area contributed by atoms with Crippen molar-refractivity contribution in [1.82, 2.24) is 9.88 Å². The minimum absolute atomic E-state index is 0.0668. The van der Waals surface area contributed by atoms with Crippen molar-refractivity contribution in [1.29, 1.82) is 0 Å². The van der Waals surface area contributed by atoms with Gasteiger partial charge in [0.25, 0.3) is 0 Å². The topological polar surface area (TPSA) is 54.5 Å². The molecule has 0 aliphatic carbocycles. The van der Waals surface area contributed by atoms with E-state index in [9.17, 15) is 4.79 Å².